The van der Waals surface area contributed by atoms with Crippen LogP contribution in [-0.2, 0) is 6.42 Å². The second-order valence-corrected chi connectivity index (χ2v) is 3.02. The van der Waals surface area contributed by atoms with Gasteiger partial charge < -0.3 is 4.42 Å². The van der Waals surface area contributed by atoms with E-state index in [1.807, 2.05) is 31.2 Å². The third-order valence-electron chi connectivity index (χ3n) is 2.03. The Balaban J connectivity index is 2.38. The van der Waals surface area contributed by atoms with Gasteiger partial charge in [0, 0.05) is 11.8 Å². The monoisotopic (exact) mass is 172 g/mol. The maximum absolute atomic E-state index is 5.62. The van der Waals surface area contributed by atoms with Crippen molar-refractivity contribution in [1.82, 2.24) is 0 Å². The molecule has 1 heteroatoms. The van der Waals surface area contributed by atoms with Gasteiger partial charge in [0.05, 0.1) is 0 Å². The Kier molecular flexibility index (Phi) is 2.17. The molecule has 13 heavy (non-hydrogen) atoms. The van der Waals surface area contributed by atoms with Gasteiger partial charge in [0.25, 0.3) is 0 Å². The van der Waals surface area contributed by atoms with Gasteiger partial charge in [-0.15, -0.1) is 0 Å². The Labute approximate surface area is 77.7 Å². The summed E-state index contributed by atoms with van der Waals surface area (Å²) in [7, 11) is 0. The first-order valence-corrected chi connectivity index (χ1v) is 4.49. The Morgan fingerprint density at radius 2 is 2.15 bits per heavy atom. The van der Waals surface area contributed by atoms with Crippen LogP contribution in [0.2, 0.25) is 0 Å². The topological polar surface area (TPSA) is 13.1 Å². The fraction of sp³-hybridized carbons (Fsp3) is 0.167. The van der Waals surface area contributed by atoms with E-state index in [-0.39, 0.29) is 0 Å². The first kappa shape index (κ1) is 8.11. The molecule has 1 aromatic carbocycles. The first-order valence-electron chi connectivity index (χ1n) is 4.49. The molecule has 0 aliphatic rings. The number of allylic oxidation sites excluding steroid dienone is 2. The molecule has 0 bridgehead atoms. The van der Waals surface area contributed by atoms with Crippen LogP contribution in [0, 0.1) is 0 Å². The molecule has 0 saturated heterocycles. The second kappa shape index (κ2) is 3.48. The minimum Gasteiger partial charge on any atom is -0.461 e. The van der Waals surface area contributed by atoms with E-state index in [1.165, 1.54) is 5.39 Å². The van der Waals surface area contributed by atoms with Gasteiger partial charge in [-0.2, -0.15) is 0 Å². The van der Waals surface area contributed by atoms with E-state index in [1.54, 1.807) is 0 Å². The Bertz CT molecular complexity index is 390. The van der Waals surface area contributed by atoms with E-state index >= 15 is 0 Å². The lowest BCUT2D eigenvalue weighted by Gasteiger charge is -1.85. The molecule has 0 spiro atoms. The van der Waals surface area contributed by atoms with Crippen LogP contribution in [-0.4, -0.2) is 0 Å². The van der Waals surface area contributed by atoms with Crippen molar-refractivity contribution in [3.8, 4) is 0 Å². The number of para-hydroxylation sites is 1. The second-order valence-electron chi connectivity index (χ2n) is 3.02. The third-order valence-corrected chi connectivity index (χ3v) is 2.03. The summed E-state index contributed by atoms with van der Waals surface area (Å²) in [6, 6.07) is 10.2. The molecule has 0 N–H and O–H groups in total. The summed E-state index contributed by atoms with van der Waals surface area (Å²) in [5, 5.41) is 1.18. The fourth-order valence-corrected chi connectivity index (χ4v) is 1.37. The van der Waals surface area contributed by atoms with Crippen molar-refractivity contribution in [3.63, 3.8) is 0 Å². The number of rotatable bonds is 2. The van der Waals surface area contributed by atoms with Crippen LogP contribution in [0.3, 0.4) is 0 Å². The molecule has 0 fully saturated rings. The molecule has 1 nitrogen and oxygen atoms in total. The molecule has 0 aliphatic carbocycles. The highest BCUT2D eigenvalue weighted by Gasteiger charge is 1.99. The summed E-state index contributed by atoms with van der Waals surface area (Å²) >= 11 is 0. The van der Waals surface area contributed by atoms with Gasteiger partial charge in [0.15, 0.2) is 0 Å². The lowest BCUT2D eigenvalue weighted by atomic mass is 10.2. The predicted octanol–water partition coefficient (Wildman–Crippen LogP) is 3.55. The van der Waals surface area contributed by atoms with Crippen LogP contribution < -0.4 is 0 Å². The van der Waals surface area contributed by atoms with E-state index in [0.29, 0.717) is 0 Å². The van der Waals surface area contributed by atoms with Gasteiger partial charge in [0.1, 0.15) is 11.3 Å². The van der Waals surface area contributed by atoms with Gasteiger partial charge in [0.2, 0.25) is 0 Å². The zero-order chi connectivity index (χ0) is 9.10. The molecular weight excluding hydrogens is 160 g/mol. The lowest BCUT2D eigenvalue weighted by molar-refractivity contribution is 0.565. The van der Waals surface area contributed by atoms with E-state index in [2.05, 4.69) is 18.2 Å². The molecule has 0 radical (unpaired) electrons. The average Bonchev–Trinajstić information content (AvgIpc) is 2.57. The predicted molar refractivity (Wildman–Crippen MR) is 54.7 cm³/mol. The molecule has 0 saturated carbocycles. The summed E-state index contributed by atoms with van der Waals surface area (Å²) in [5.74, 6) is 1.03. The van der Waals surface area contributed by atoms with Gasteiger partial charge >= 0.3 is 0 Å². The van der Waals surface area contributed by atoms with Crippen molar-refractivity contribution in [1.29, 1.82) is 0 Å². The smallest absolute Gasteiger partial charge is 0.134 e. The highest BCUT2D eigenvalue weighted by molar-refractivity contribution is 5.77. The molecule has 2 aromatic rings. The van der Waals surface area contributed by atoms with Crippen molar-refractivity contribution >= 4 is 11.0 Å². The normalized spacial score (nSPS) is 11.5. The molecular formula is C12H12O. The number of fused-ring (bicyclic) bond motifs is 1. The van der Waals surface area contributed by atoms with Crippen LogP contribution in [0.25, 0.3) is 11.0 Å². The molecule has 0 amide bonds. The van der Waals surface area contributed by atoms with Crippen molar-refractivity contribution in [3.05, 3.63) is 48.2 Å². The fourth-order valence-electron chi connectivity index (χ4n) is 1.37. The minimum absolute atomic E-state index is 0.880. The summed E-state index contributed by atoms with van der Waals surface area (Å²) < 4.78 is 5.62. The van der Waals surface area contributed by atoms with Gasteiger partial charge in [-0.25, -0.2) is 0 Å². The number of hydrogen-bond acceptors (Lipinski definition) is 1. The van der Waals surface area contributed by atoms with Crippen LogP contribution in [0.4, 0.5) is 0 Å². The van der Waals surface area contributed by atoms with Crippen LogP contribution in [0.15, 0.2) is 46.9 Å². The minimum atomic E-state index is 0.880. The largest absolute Gasteiger partial charge is 0.461 e. The summed E-state index contributed by atoms with van der Waals surface area (Å²) in [5.41, 5.74) is 0.974. The highest BCUT2D eigenvalue weighted by Crippen LogP contribution is 2.18. The van der Waals surface area contributed by atoms with E-state index in [4.69, 9.17) is 4.42 Å². The Hall–Kier alpha value is -1.50. The SMILES string of the molecule is C/C=C/Cc1cc2ccccc2o1. The molecule has 66 valence electrons. The number of hydrogen-bond donors (Lipinski definition) is 0. The summed E-state index contributed by atoms with van der Waals surface area (Å²) in [4.78, 5) is 0. The zero-order valence-electron chi connectivity index (χ0n) is 7.66. The van der Waals surface area contributed by atoms with Crippen LogP contribution in [0.1, 0.15) is 12.7 Å². The van der Waals surface area contributed by atoms with Crippen LogP contribution in [0.5, 0.6) is 0 Å². The van der Waals surface area contributed by atoms with Gasteiger partial charge in [-0.1, -0.05) is 30.4 Å². The van der Waals surface area contributed by atoms with Crippen molar-refractivity contribution in [2.24, 2.45) is 0 Å². The van der Waals surface area contributed by atoms with Crippen molar-refractivity contribution < 1.29 is 4.42 Å². The lowest BCUT2D eigenvalue weighted by Crippen LogP contribution is -1.71. The highest BCUT2D eigenvalue weighted by atomic mass is 16.3. The zero-order valence-corrected chi connectivity index (χ0v) is 7.66. The maximum atomic E-state index is 5.62. The Morgan fingerprint density at radius 3 is 2.92 bits per heavy atom. The molecule has 1 heterocycles. The summed E-state index contributed by atoms with van der Waals surface area (Å²) in [6.07, 6.45) is 5.01. The average molecular weight is 172 g/mol. The quantitative estimate of drug-likeness (QED) is 0.631. The van der Waals surface area contributed by atoms with Crippen molar-refractivity contribution in [2.45, 2.75) is 13.3 Å². The molecule has 2 rings (SSSR count). The standard InChI is InChI=1S/C12H12O/c1-2-3-7-11-9-10-6-4-5-8-12(10)13-11/h2-6,8-9H,7H2,1H3/b3-2+. The molecule has 0 atom stereocenters. The molecule has 0 aliphatic heterocycles. The van der Waals surface area contributed by atoms with Gasteiger partial charge in [-0.05, 0) is 19.1 Å². The van der Waals surface area contributed by atoms with Crippen molar-refractivity contribution in [2.75, 3.05) is 0 Å². The van der Waals surface area contributed by atoms with E-state index < -0.39 is 0 Å². The Morgan fingerprint density at radius 1 is 1.31 bits per heavy atom. The molecule has 0 unspecified atom stereocenters. The first-order chi connectivity index (χ1) is 6.40. The molecule has 1 aromatic heterocycles. The van der Waals surface area contributed by atoms with E-state index in [0.717, 1.165) is 17.8 Å². The van der Waals surface area contributed by atoms with E-state index in [9.17, 15) is 0 Å². The third kappa shape index (κ3) is 1.64. The number of benzene rings is 1. The maximum Gasteiger partial charge on any atom is 0.134 e. The van der Waals surface area contributed by atoms with Crippen LogP contribution >= 0.6 is 0 Å². The number of furan rings is 1. The summed E-state index contributed by atoms with van der Waals surface area (Å²) in [6.45, 7) is 2.02. The van der Waals surface area contributed by atoms with Gasteiger partial charge in [-0.3, -0.25) is 0 Å².